The SMILES string of the molecule is CC(=O)Nc1cccc(-n2c(SCc3csc(-c4ccccc4Cl)n3)nnc2C2CC2)c1. The van der Waals surface area contributed by atoms with Gasteiger partial charge in [-0.2, -0.15) is 0 Å². The van der Waals surface area contributed by atoms with E-state index in [4.69, 9.17) is 16.6 Å². The minimum Gasteiger partial charge on any atom is -0.326 e. The van der Waals surface area contributed by atoms with Crippen molar-refractivity contribution in [3.05, 3.63) is 70.5 Å². The van der Waals surface area contributed by atoms with E-state index in [1.807, 2.05) is 48.5 Å². The highest BCUT2D eigenvalue weighted by molar-refractivity contribution is 7.98. The normalized spacial score (nSPS) is 13.3. The smallest absolute Gasteiger partial charge is 0.221 e. The standard InChI is InChI=1S/C23H20ClN5OS2/c1-14(30)25-16-5-4-6-18(11-16)29-21(15-9-10-15)27-28-23(29)32-13-17-12-31-22(26-17)19-7-2-3-8-20(19)24/h2-8,11-12,15H,9-10,13H2,1H3,(H,25,30). The number of nitrogens with one attached hydrogen (secondary N) is 1. The summed E-state index contributed by atoms with van der Waals surface area (Å²) >= 11 is 9.52. The summed E-state index contributed by atoms with van der Waals surface area (Å²) < 4.78 is 2.11. The van der Waals surface area contributed by atoms with E-state index in [0.717, 1.165) is 51.5 Å². The van der Waals surface area contributed by atoms with Gasteiger partial charge < -0.3 is 5.32 Å². The van der Waals surface area contributed by atoms with Crippen LogP contribution in [0.5, 0.6) is 0 Å². The van der Waals surface area contributed by atoms with Crippen LogP contribution in [-0.2, 0) is 10.5 Å². The molecule has 0 aliphatic heterocycles. The summed E-state index contributed by atoms with van der Waals surface area (Å²) in [6.45, 7) is 1.51. The molecular formula is C23H20ClN5OS2. The summed E-state index contributed by atoms with van der Waals surface area (Å²) in [4.78, 5) is 16.3. The fraction of sp³-hybridized carbons (Fsp3) is 0.217. The lowest BCUT2D eigenvalue weighted by Crippen LogP contribution is -2.07. The minimum absolute atomic E-state index is 0.0965. The van der Waals surface area contributed by atoms with E-state index in [1.54, 1.807) is 23.1 Å². The van der Waals surface area contributed by atoms with Crippen LogP contribution in [0.1, 0.15) is 37.2 Å². The molecule has 9 heteroatoms. The molecule has 0 radical (unpaired) electrons. The van der Waals surface area contributed by atoms with Crippen LogP contribution < -0.4 is 5.32 Å². The van der Waals surface area contributed by atoms with E-state index < -0.39 is 0 Å². The van der Waals surface area contributed by atoms with E-state index in [9.17, 15) is 4.79 Å². The number of thioether (sulfide) groups is 1. The quantitative estimate of drug-likeness (QED) is 0.319. The molecule has 1 aliphatic carbocycles. The molecular weight excluding hydrogens is 462 g/mol. The fourth-order valence-electron chi connectivity index (χ4n) is 3.42. The van der Waals surface area contributed by atoms with Crippen molar-refractivity contribution in [1.82, 2.24) is 19.7 Å². The van der Waals surface area contributed by atoms with Crippen LogP contribution in [0.15, 0.2) is 59.1 Å². The summed E-state index contributed by atoms with van der Waals surface area (Å²) in [5, 5.41) is 16.3. The van der Waals surface area contributed by atoms with Crippen LogP contribution in [0.25, 0.3) is 16.3 Å². The van der Waals surface area contributed by atoms with Gasteiger partial charge in [0.05, 0.1) is 16.4 Å². The zero-order valence-corrected chi connectivity index (χ0v) is 19.7. The number of anilines is 1. The Morgan fingerprint density at radius 2 is 2.06 bits per heavy atom. The molecule has 2 aromatic carbocycles. The first kappa shape index (κ1) is 21.2. The number of carbonyl (C=O) groups excluding carboxylic acids is 1. The molecule has 0 bridgehead atoms. The largest absolute Gasteiger partial charge is 0.326 e. The molecule has 6 nitrogen and oxygen atoms in total. The number of nitrogens with zero attached hydrogens (tertiary/aromatic N) is 4. The second-order valence-corrected chi connectivity index (χ2v) is 9.80. The number of aromatic nitrogens is 4. The molecule has 0 spiro atoms. The Bertz CT molecular complexity index is 1280. The topological polar surface area (TPSA) is 72.7 Å². The summed E-state index contributed by atoms with van der Waals surface area (Å²) in [5.74, 6) is 1.99. The number of thiazole rings is 1. The van der Waals surface area contributed by atoms with Gasteiger partial charge in [-0.15, -0.1) is 21.5 Å². The van der Waals surface area contributed by atoms with Crippen molar-refractivity contribution < 1.29 is 4.79 Å². The third-order valence-electron chi connectivity index (χ3n) is 5.03. The van der Waals surface area contributed by atoms with Gasteiger partial charge >= 0.3 is 0 Å². The van der Waals surface area contributed by atoms with E-state index in [0.29, 0.717) is 16.7 Å². The molecule has 2 aromatic heterocycles. The van der Waals surface area contributed by atoms with Crippen molar-refractivity contribution >= 4 is 46.3 Å². The van der Waals surface area contributed by atoms with Gasteiger partial charge in [-0.25, -0.2) is 4.98 Å². The van der Waals surface area contributed by atoms with Gasteiger partial charge in [-0.1, -0.05) is 47.6 Å². The van der Waals surface area contributed by atoms with Crippen LogP contribution in [0.4, 0.5) is 5.69 Å². The highest BCUT2D eigenvalue weighted by atomic mass is 35.5. The predicted molar refractivity (Wildman–Crippen MR) is 130 cm³/mol. The van der Waals surface area contributed by atoms with Gasteiger partial charge in [0.25, 0.3) is 0 Å². The van der Waals surface area contributed by atoms with E-state index in [-0.39, 0.29) is 5.91 Å². The van der Waals surface area contributed by atoms with Crippen molar-refractivity contribution in [3.8, 4) is 16.3 Å². The number of benzene rings is 2. The molecule has 0 atom stereocenters. The molecule has 162 valence electrons. The number of halogens is 1. The number of rotatable bonds is 7. The average molecular weight is 482 g/mol. The van der Waals surface area contributed by atoms with Gasteiger partial charge in [0.2, 0.25) is 5.91 Å². The molecule has 0 saturated heterocycles. The summed E-state index contributed by atoms with van der Waals surface area (Å²) in [7, 11) is 0. The summed E-state index contributed by atoms with van der Waals surface area (Å²) in [6, 6.07) is 15.5. The van der Waals surface area contributed by atoms with Crippen LogP contribution in [-0.4, -0.2) is 25.7 Å². The second kappa shape index (κ2) is 9.05. The van der Waals surface area contributed by atoms with E-state index >= 15 is 0 Å². The molecule has 1 fully saturated rings. The Kier molecular flexibility index (Phi) is 5.99. The maximum atomic E-state index is 11.5. The molecule has 0 unspecified atom stereocenters. The van der Waals surface area contributed by atoms with Gasteiger partial charge in [0, 0.05) is 35.2 Å². The van der Waals surface area contributed by atoms with Crippen LogP contribution in [0, 0.1) is 0 Å². The van der Waals surface area contributed by atoms with Gasteiger partial charge in [0.15, 0.2) is 5.16 Å². The molecule has 32 heavy (non-hydrogen) atoms. The Balaban J connectivity index is 1.40. The first-order valence-corrected chi connectivity index (χ1v) is 12.5. The third kappa shape index (κ3) is 4.57. The molecule has 4 aromatic rings. The Morgan fingerprint density at radius 1 is 1.22 bits per heavy atom. The zero-order valence-electron chi connectivity index (χ0n) is 17.3. The molecule has 1 aliphatic rings. The zero-order chi connectivity index (χ0) is 22.1. The Morgan fingerprint density at radius 3 is 2.84 bits per heavy atom. The van der Waals surface area contributed by atoms with Crippen molar-refractivity contribution in [2.24, 2.45) is 0 Å². The lowest BCUT2D eigenvalue weighted by molar-refractivity contribution is -0.114. The van der Waals surface area contributed by atoms with Crippen LogP contribution in [0.3, 0.4) is 0 Å². The molecule has 5 rings (SSSR count). The highest BCUT2D eigenvalue weighted by Crippen LogP contribution is 2.41. The van der Waals surface area contributed by atoms with Crippen LogP contribution >= 0.6 is 34.7 Å². The molecule has 1 amide bonds. The average Bonchev–Trinajstić information content (AvgIpc) is 3.36. The highest BCUT2D eigenvalue weighted by Gasteiger charge is 2.31. The Hall–Kier alpha value is -2.68. The van der Waals surface area contributed by atoms with Crippen molar-refractivity contribution in [1.29, 1.82) is 0 Å². The fourth-order valence-corrected chi connectivity index (χ4v) is 5.52. The number of amides is 1. The number of hydrogen-bond donors (Lipinski definition) is 1. The molecule has 1 saturated carbocycles. The van der Waals surface area contributed by atoms with Gasteiger partial charge in [0.1, 0.15) is 10.8 Å². The van der Waals surface area contributed by atoms with Crippen molar-refractivity contribution in [2.75, 3.05) is 5.32 Å². The number of carbonyl (C=O) groups is 1. The molecule has 1 N–H and O–H groups in total. The first-order chi connectivity index (χ1) is 15.6. The monoisotopic (exact) mass is 481 g/mol. The Labute approximate surface area is 199 Å². The summed E-state index contributed by atoms with van der Waals surface area (Å²) in [6.07, 6.45) is 2.25. The molecule has 2 heterocycles. The lowest BCUT2D eigenvalue weighted by Gasteiger charge is -2.11. The van der Waals surface area contributed by atoms with Crippen molar-refractivity contribution in [3.63, 3.8) is 0 Å². The first-order valence-electron chi connectivity index (χ1n) is 10.2. The lowest BCUT2D eigenvalue weighted by atomic mass is 10.2. The van der Waals surface area contributed by atoms with Gasteiger partial charge in [-0.3, -0.25) is 9.36 Å². The second-order valence-electron chi connectivity index (χ2n) is 7.59. The van der Waals surface area contributed by atoms with Gasteiger partial charge in [-0.05, 0) is 37.1 Å². The summed E-state index contributed by atoms with van der Waals surface area (Å²) in [5.41, 5.74) is 3.62. The van der Waals surface area contributed by atoms with Crippen LogP contribution in [0.2, 0.25) is 5.02 Å². The predicted octanol–water partition coefficient (Wildman–Crippen LogP) is 6.17. The maximum absolute atomic E-state index is 11.5. The third-order valence-corrected chi connectivity index (χ3v) is 7.25. The minimum atomic E-state index is -0.0965. The van der Waals surface area contributed by atoms with Crippen molar-refractivity contribution in [2.45, 2.75) is 36.6 Å². The van der Waals surface area contributed by atoms with E-state index in [2.05, 4.69) is 25.5 Å². The maximum Gasteiger partial charge on any atom is 0.221 e. The van der Waals surface area contributed by atoms with E-state index in [1.165, 1.54) is 6.92 Å². The number of hydrogen-bond acceptors (Lipinski definition) is 6.